The van der Waals surface area contributed by atoms with E-state index in [1.54, 1.807) is 55.5 Å². The molecule has 0 radical (unpaired) electrons. The molecule has 4 rings (SSSR count). The third-order valence-electron chi connectivity index (χ3n) is 4.23. The van der Waals surface area contributed by atoms with Gasteiger partial charge in [-0.1, -0.05) is 36.4 Å². The number of sulfonamides is 1. The summed E-state index contributed by atoms with van der Waals surface area (Å²) in [6.45, 7) is 1.76. The SMILES string of the molecule is Cc1cccc(NC(=O)C2=C(O)c3ccc4ccccc4c3S(=O)(=O)N2)n1. The molecular weight excluding hydrogens is 366 g/mol. The summed E-state index contributed by atoms with van der Waals surface area (Å²) < 4.78 is 27.8. The number of hydrogen-bond donors (Lipinski definition) is 3. The molecule has 0 unspecified atom stereocenters. The number of nitrogens with one attached hydrogen (secondary N) is 2. The first-order valence-corrected chi connectivity index (χ1v) is 9.58. The predicted molar refractivity (Wildman–Crippen MR) is 101 cm³/mol. The molecule has 0 saturated heterocycles. The monoisotopic (exact) mass is 381 g/mol. The fourth-order valence-electron chi connectivity index (χ4n) is 3.03. The van der Waals surface area contributed by atoms with Crippen molar-refractivity contribution in [3.63, 3.8) is 0 Å². The Morgan fingerprint density at radius 3 is 2.63 bits per heavy atom. The van der Waals surface area contributed by atoms with Crippen LogP contribution in [-0.4, -0.2) is 24.4 Å². The standard InChI is InChI=1S/C19H15N3O4S/c1-11-5-4-8-15(20-11)21-19(24)16-17(23)14-10-9-12-6-2-3-7-13(12)18(14)27(25,26)22-16/h2-10,22-23H,1H3,(H,20,21,24). The second kappa shape index (κ2) is 6.10. The third kappa shape index (κ3) is 2.89. The van der Waals surface area contributed by atoms with Crippen molar-refractivity contribution in [2.75, 3.05) is 5.32 Å². The largest absolute Gasteiger partial charge is 0.505 e. The molecule has 3 aromatic rings. The van der Waals surface area contributed by atoms with Crippen LogP contribution >= 0.6 is 0 Å². The number of hydrogen-bond acceptors (Lipinski definition) is 5. The van der Waals surface area contributed by atoms with E-state index in [0.29, 0.717) is 16.5 Å². The van der Waals surface area contributed by atoms with Crippen molar-refractivity contribution in [3.8, 4) is 0 Å². The molecule has 1 amide bonds. The summed E-state index contributed by atoms with van der Waals surface area (Å²) in [6.07, 6.45) is 0. The highest BCUT2D eigenvalue weighted by Gasteiger charge is 2.34. The first-order chi connectivity index (χ1) is 12.9. The lowest BCUT2D eigenvalue weighted by Gasteiger charge is -2.22. The summed E-state index contributed by atoms with van der Waals surface area (Å²) in [5.41, 5.74) is 0.322. The molecule has 27 heavy (non-hydrogen) atoms. The summed E-state index contributed by atoms with van der Waals surface area (Å²) >= 11 is 0. The quantitative estimate of drug-likeness (QED) is 0.632. The van der Waals surface area contributed by atoms with Crippen molar-refractivity contribution in [1.29, 1.82) is 0 Å². The Bertz CT molecular complexity index is 1230. The number of fused-ring (bicyclic) bond motifs is 3. The van der Waals surface area contributed by atoms with Crippen LogP contribution in [0.3, 0.4) is 0 Å². The molecule has 136 valence electrons. The number of pyridine rings is 1. The maximum absolute atomic E-state index is 12.8. The first-order valence-electron chi connectivity index (χ1n) is 8.10. The number of aryl methyl sites for hydroxylation is 1. The van der Waals surface area contributed by atoms with Crippen molar-refractivity contribution in [3.05, 3.63) is 71.6 Å². The molecule has 1 aliphatic heterocycles. The van der Waals surface area contributed by atoms with E-state index < -0.39 is 27.4 Å². The number of rotatable bonds is 2. The van der Waals surface area contributed by atoms with Gasteiger partial charge < -0.3 is 10.4 Å². The Morgan fingerprint density at radius 1 is 1.07 bits per heavy atom. The number of carbonyl (C=O) groups excluding carboxylic acids is 1. The van der Waals surface area contributed by atoms with E-state index in [-0.39, 0.29) is 16.3 Å². The van der Waals surface area contributed by atoms with Crippen LogP contribution in [0.15, 0.2) is 65.2 Å². The molecule has 0 spiro atoms. The molecule has 2 aromatic carbocycles. The zero-order valence-corrected chi connectivity index (χ0v) is 15.0. The molecular formula is C19H15N3O4S. The van der Waals surface area contributed by atoms with Crippen LogP contribution in [-0.2, 0) is 14.8 Å². The maximum atomic E-state index is 12.8. The first kappa shape index (κ1) is 17.0. The fraction of sp³-hybridized carbons (Fsp3) is 0.0526. The van der Waals surface area contributed by atoms with Gasteiger partial charge in [-0.15, -0.1) is 0 Å². The second-order valence-corrected chi connectivity index (χ2v) is 7.73. The van der Waals surface area contributed by atoms with Gasteiger partial charge in [-0.25, -0.2) is 13.4 Å². The fourth-order valence-corrected chi connectivity index (χ4v) is 4.52. The van der Waals surface area contributed by atoms with Crippen LogP contribution in [0.4, 0.5) is 5.82 Å². The van der Waals surface area contributed by atoms with Gasteiger partial charge in [0.25, 0.3) is 15.9 Å². The molecule has 8 heteroatoms. The van der Waals surface area contributed by atoms with Crippen molar-refractivity contribution in [1.82, 2.24) is 9.71 Å². The average molecular weight is 381 g/mol. The Hall–Kier alpha value is -3.39. The Labute approximate surface area is 155 Å². The van der Waals surface area contributed by atoms with E-state index in [2.05, 4.69) is 15.0 Å². The number of nitrogens with zero attached hydrogens (tertiary/aromatic N) is 1. The smallest absolute Gasteiger partial charge is 0.277 e. The molecule has 7 nitrogen and oxygen atoms in total. The topological polar surface area (TPSA) is 108 Å². The Kier molecular flexibility index (Phi) is 3.85. The van der Waals surface area contributed by atoms with E-state index in [4.69, 9.17) is 0 Å². The zero-order chi connectivity index (χ0) is 19.2. The molecule has 0 bridgehead atoms. The average Bonchev–Trinajstić information content (AvgIpc) is 2.64. The highest BCUT2D eigenvalue weighted by Crippen LogP contribution is 2.35. The number of aromatic nitrogens is 1. The highest BCUT2D eigenvalue weighted by molar-refractivity contribution is 7.90. The van der Waals surface area contributed by atoms with E-state index in [1.807, 2.05) is 0 Å². The van der Waals surface area contributed by atoms with Gasteiger partial charge in [-0.05, 0) is 30.5 Å². The van der Waals surface area contributed by atoms with Gasteiger partial charge in [0.15, 0.2) is 11.5 Å². The van der Waals surface area contributed by atoms with Gasteiger partial charge >= 0.3 is 0 Å². The molecule has 1 aromatic heterocycles. The number of aliphatic hydroxyl groups excluding tert-OH is 1. The summed E-state index contributed by atoms with van der Waals surface area (Å²) in [5, 5.41) is 14.3. The number of carbonyl (C=O) groups is 1. The number of aliphatic hydroxyl groups is 1. The van der Waals surface area contributed by atoms with Crippen molar-refractivity contribution in [2.45, 2.75) is 11.8 Å². The van der Waals surface area contributed by atoms with Crippen LogP contribution in [0.2, 0.25) is 0 Å². The van der Waals surface area contributed by atoms with Crippen molar-refractivity contribution in [2.24, 2.45) is 0 Å². The lowest BCUT2D eigenvalue weighted by atomic mass is 10.0. The second-order valence-electron chi connectivity index (χ2n) is 6.11. The zero-order valence-electron chi connectivity index (χ0n) is 14.2. The van der Waals surface area contributed by atoms with E-state index in [0.717, 1.165) is 0 Å². The third-order valence-corrected chi connectivity index (χ3v) is 5.68. The molecule has 0 fully saturated rings. The van der Waals surface area contributed by atoms with E-state index in [9.17, 15) is 18.3 Å². The lowest BCUT2D eigenvalue weighted by molar-refractivity contribution is -0.113. The van der Waals surface area contributed by atoms with Gasteiger partial charge in [0, 0.05) is 16.6 Å². The van der Waals surface area contributed by atoms with Crippen LogP contribution in [0.1, 0.15) is 11.3 Å². The van der Waals surface area contributed by atoms with Crippen molar-refractivity contribution >= 4 is 38.3 Å². The Morgan fingerprint density at radius 2 is 1.85 bits per heavy atom. The van der Waals surface area contributed by atoms with Crippen LogP contribution in [0.5, 0.6) is 0 Å². The van der Waals surface area contributed by atoms with Gasteiger partial charge in [0.2, 0.25) is 0 Å². The lowest BCUT2D eigenvalue weighted by Crippen LogP contribution is -2.35. The minimum Gasteiger partial charge on any atom is -0.505 e. The summed E-state index contributed by atoms with van der Waals surface area (Å²) in [7, 11) is -4.05. The summed E-state index contributed by atoms with van der Waals surface area (Å²) in [4.78, 5) is 16.6. The minimum absolute atomic E-state index is 0.0525. The van der Waals surface area contributed by atoms with Gasteiger partial charge in [-0.3, -0.25) is 9.52 Å². The van der Waals surface area contributed by atoms with Gasteiger partial charge in [-0.2, -0.15) is 0 Å². The van der Waals surface area contributed by atoms with Gasteiger partial charge in [0.05, 0.1) is 0 Å². The minimum atomic E-state index is -4.05. The number of benzene rings is 2. The molecule has 3 N–H and O–H groups in total. The number of anilines is 1. The van der Waals surface area contributed by atoms with Crippen LogP contribution in [0, 0.1) is 6.92 Å². The summed E-state index contributed by atoms with van der Waals surface area (Å²) in [5.74, 6) is -0.979. The number of amides is 1. The predicted octanol–water partition coefficient (Wildman–Crippen LogP) is 2.70. The van der Waals surface area contributed by atoms with Crippen LogP contribution in [0.25, 0.3) is 16.5 Å². The van der Waals surface area contributed by atoms with Crippen LogP contribution < -0.4 is 10.0 Å². The molecule has 0 atom stereocenters. The maximum Gasteiger partial charge on any atom is 0.277 e. The molecule has 1 aliphatic rings. The van der Waals surface area contributed by atoms with E-state index in [1.165, 1.54) is 6.07 Å². The van der Waals surface area contributed by atoms with Crippen molar-refractivity contribution < 1.29 is 18.3 Å². The Balaban J connectivity index is 1.84. The molecule has 0 saturated carbocycles. The summed E-state index contributed by atoms with van der Waals surface area (Å²) in [6, 6.07) is 15.2. The normalized spacial score (nSPS) is 15.1. The van der Waals surface area contributed by atoms with E-state index >= 15 is 0 Å². The molecule has 2 heterocycles. The van der Waals surface area contributed by atoms with Gasteiger partial charge in [0.1, 0.15) is 10.7 Å². The highest BCUT2D eigenvalue weighted by atomic mass is 32.2. The molecule has 0 aliphatic carbocycles.